The first-order chi connectivity index (χ1) is 14.1. The summed E-state index contributed by atoms with van der Waals surface area (Å²) in [6.45, 7) is 6.63. The van der Waals surface area contributed by atoms with Crippen molar-refractivity contribution in [3.63, 3.8) is 0 Å². The van der Waals surface area contributed by atoms with Crippen LogP contribution in [0.1, 0.15) is 136 Å². The van der Waals surface area contributed by atoms with Gasteiger partial charge in [0.05, 0.1) is 6.04 Å². The first kappa shape index (κ1) is 25.9. The molecule has 0 bridgehead atoms. The van der Waals surface area contributed by atoms with Crippen molar-refractivity contribution >= 4 is 11.8 Å². The van der Waals surface area contributed by atoms with Gasteiger partial charge >= 0.3 is 0 Å². The second-order valence-corrected chi connectivity index (χ2v) is 8.94. The first-order valence-corrected chi connectivity index (χ1v) is 12.6. The zero-order valence-corrected chi connectivity index (χ0v) is 19.6. The van der Waals surface area contributed by atoms with E-state index in [1.807, 2.05) is 0 Å². The second-order valence-electron chi connectivity index (χ2n) is 8.94. The van der Waals surface area contributed by atoms with Crippen LogP contribution < -0.4 is 0 Å². The molecule has 1 atom stereocenters. The number of nitrogens with zero attached hydrogens (tertiary/aromatic N) is 1. The van der Waals surface area contributed by atoms with Crippen molar-refractivity contribution in [2.24, 2.45) is 0 Å². The van der Waals surface area contributed by atoms with Gasteiger partial charge in [0.2, 0.25) is 11.8 Å². The molecule has 3 nitrogen and oxygen atoms in total. The number of rotatable bonds is 18. The summed E-state index contributed by atoms with van der Waals surface area (Å²) in [6.07, 6.45) is 23.2. The lowest BCUT2D eigenvalue weighted by molar-refractivity contribution is -0.140. The summed E-state index contributed by atoms with van der Waals surface area (Å²) in [5, 5.41) is 0. The van der Waals surface area contributed by atoms with Crippen LogP contribution in [-0.2, 0) is 9.59 Å². The van der Waals surface area contributed by atoms with E-state index in [2.05, 4.69) is 26.8 Å². The molecule has 0 aliphatic carbocycles. The summed E-state index contributed by atoms with van der Waals surface area (Å²) in [7, 11) is 0. The highest BCUT2D eigenvalue weighted by atomic mass is 16.2. The van der Waals surface area contributed by atoms with Crippen molar-refractivity contribution in [3.8, 4) is 0 Å². The number of likely N-dealkylation sites (tertiary alicyclic amines) is 1. The van der Waals surface area contributed by atoms with Crippen LogP contribution in [0.3, 0.4) is 0 Å². The van der Waals surface area contributed by atoms with Crippen LogP contribution in [0.25, 0.3) is 0 Å². The standard InChI is InChI=1S/C26H47NO2/c1-4-6-8-10-12-14-15-17-19-23(3)24(27-25(28)21-22-26(27)29)20-18-16-13-11-9-7-5-2/h19,24H,4-18,20-22H2,1-3H3. The number of allylic oxidation sites excluding steroid dienone is 1. The lowest BCUT2D eigenvalue weighted by atomic mass is 9.97. The number of amides is 2. The Morgan fingerprint density at radius 2 is 1.21 bits per heavy atom. The summed E-state index contributed by atoms with van der Waals surface area (Å²) >= 11 is 0. The zero-order valence-electron chi connectivity index (χ0n) is 19.6. The maximum absolute atomic E-state index is 12.3. The van der Waals surface area contributed by atoms with Gasteiger partial charge in [0, 0.05) is 12.8 Å². The number of imide groups is 1. The lowest BCUT2D eigenvalue weighted by Gasteiger charge is -2.27. The van der Waals surface area contributed by atoms with Gasteiger partial charge < -0.3 is 0 Å². The molecule has 1 aliphatic heterocycles. The quantitative estimate of drug-likeness (QED) is 0.133. The van der Waals surface area contributed by atoms with Crippen LogP contribution in [-0.4, -0.2) is 22.8 Å². The Kier molecular flexibility index (Phi) is 14.9. The number of unbranched alkanes of at least 4 members (excludes halogenated alkanes) is 13. The number of carbonyl (C=O) groups is 2. The highest BCUT2D eigenvalue weighted by Gasteiger charge is 2.35. The summed E-state index contributed by atoms with van der Waals surface area (Å²) in [5.74, 6) is 0.0678. The predicted octanol–water partition coefficient (Wildman–Crippen LogP) is 7.73. The second kappa shape index (κ2) is 16.7. The van der Waals surface area contributed by atoms with E-state index in [9.17, 15) is 9.59 Å². The largest absolute Gasteiger partial charge is 0.275 e. The zero-order chi connectivity index (χ0) is 21.3. The topological polar surface area (TPSA) is 37.4 Å². The Hall–Kier alpha value is -1.12. The van der Waals surface area contributed by atoms with E-state index in [1.54, 1.807) is 4.90 Å². The third-order valence-electron chi connectivity index (χ3n) is 6.28. The average molecular weight is 406 g/mol. The minimum atomic E-state index is -0.00213. The van der Waals surface area contributed by atoms with E-state index >= 15 is 0 Å². The molecule has 0 aromatic rings. The fraction of sp³-hybridized carbons (Fsp3) is 0.846. The van der Waals surface area contributed by atoms with Crippen molar-refractivity contribution in [1.29, 1.82) is 0 Å². The van der Waals surface area contributed by atoms with Crippen LogP contribution in [0.4, 0.5) is 0 Å². The Bertz CT molecular complexity index is 467. The van der Waals surface area contributed by atoms with Gasteiger partial charge in [-0.15, -0.1) is 0 Å². The lowest BCUT2D eigenvalue weighted by Crippen LogP contribution is -2.40. The van der Waals surface area contributed by atoms with Crippen LogP contribution in [0, 0.1) is 0 Å². The van der Waals surface area contributed by atoms with Gasteiger partial charge in [0.15, 0.2) is 0 Å². The molecular weight excluding hydrogens is 358 g/mol. The van der Waals surface area contributed by atoms with Gasteiger partial charge in [0.25, 0.3) is 0 Å². The molecule has 0 aromatic heterocycles. The number of hydrogen-bond acceptors (Lipinski definition) is 2. The number of carbonyl (C=O) groups excluding carboxylic acids is 2. The molecule has 1 unspecified atom stereocenters. The molecule has 1 fully saturated rings. The van der Waals surface area contributed by atoms with Crippen LogP contribution in [0.15, 0.2) is 11.6 Å². The van der Waals surface area contributed by atoms with E-state index in [0.29, 0.717) is 12.8 Å². The summed E-state index contributed by atoms with van der Waals surface area (Å²) < 4.78 is 0. The molecule has 0 spiro atoms. The van der Waals surface area contributed by atoms with Crippen molar-refractivity contribution in [2.45, 2.75) is 142 Å². The van der Waals surface area contributed by atoms with Gasteiger partial charge in [-0.2, -0.15) is 0 Å². The molecule has 168 valence electrons. The molecular formula is C26H47NO2. The Morgan fingerprint density at radius 3 is 1.72 bits per heavy atom. The third-order valence-corrected chi connectivity index (χ3v) is 6.28. The maximum Gasteiger partial charge on any atom is 0.230 e. The van der Waals surface area contributed by atoms with Crippen molar-refractivity contribution in [1.82, 2.24) is 4.90 Å². The SMILES string of the molecule is CCCCCCCCCC=C(C)C(CCCCCCCCC)N1C(=O)CCC1=O. The number of hydrogen-bond donors (Lipinski definition) is 0. The van der Waals surface area contributed by atoms with Crippen molar-refractivity contribution < 1.29 is 9.59 Å². The smallest absolute Gasteiger partial charge is 0.230 e. The summed E-state index contributed by atoms with van der Waals surface area (Å²) in [5.41, 5.74) is 1.23. The molecule has 3 heteroatoms. The minimum Gasteiger partial charge on any atom is -0.275 e. The van der Waals surface area contributed by atoms with Gasteiger partial charge in [-0.3, -0.25) is 14.5 Å². The molecule has 1 saturated heterocycles. The molecule has 0 aromatic carbocycles. The fourth-order valence-electron chi connectivity index (χ4n) is 4.36. The van der Waals surface area contributed by atoms with Crippen molar-refractivity contribution in [2.75, 3.05) is 0 Å². The van der Waals surface area contributed by atoms with Crippen LogP contribution in [0.2, 0.25) is 0 Å². The van der Waals surface area contributed by atoms with Gasteiger partial charge in [-0.25, -0.2) is 0 Å². The van der Waals surface area contributed by atoms with Crippen LogP contribution >= 0.6 is 0 Å². The van der Waals surface area contributed by atoms with E-state index in [0.717, 1.165) is 19.3 Å². The molecule has 0 N–H and O–H groups in total. The van der Waals surface area contributed by atoms with E-state index in [-0.39, 0.29) is 17.9 Å². The predicted molar refractivity (Wildman–Crippen MR) is 124 cm³/mol. The van der Waals surface area contributed by atoms with E-state index in [1.165, 1.54) is 89.0 Å². The highest BCUT2D eigenvalue weighted by molar-refractivity contribution is 6.02. The van der Waals surface area contributed by atoms with E-state index < -0.39 is 0 Å². The third kappa shape index (κ3) is 11.0. The highest BCUT2D eigenvalue weighted by Crippen LogP contribution is 2.25. The molecule has 0 radical (unpaired) electrons. The van der Waals surface area contributed by atoms with Crippen molar-refractivity contribution in [3.05, 3.63) is 11.6 Å². The molecule has 1 heterocycles. The fourth-order valence-corrected chi connectivity index (χ4v) is 4.36. The average Bonchev–Trinajstić information content (AvgIpc) is 3.04. The minimum absolute atomic E-state index is 0.00213. The van der Waals surface area contributed by atoms with Crippen LogP contribution in [0.5, 0.6) is 0 Å². The van der Waals surface area contributed by atoms with Gasteiger partial charge in [-0.1, -0.05) is 109 Å². The normalized spacial score (nSPS) is 16.1. The molecule has 2 amide bonds. The molecule has 29 heavy (non-hydrogen) atoms. The Balaban J connectivity index is 2.43. The summed E-state index contributed by atoms with van der Waals surface area (Å²) in [6, 6.07) is -0.00213. The summed E-state index contributed by atoms with van der Waals surface area (Å²) in [4.78, 5) is 26.2. The monoisotopic (exact) mass is 405 g/mol. The maximum atomic E-state index is 12.3. The van der Waals surface area contributed by atoms with Gasteiger partial charge in [0.1, 0.15) is 0 Å². The molecule has 1 rings (SSSR count). The first-order valence-electron chi connectivity index (χ1n) is 12.6. The van der Waals surface area contributed by atoms with Gasteiger partial charge in [-0.05, 0) is 26.2 Å². The molecule has 0 saturated carbocycles. The Morgan fingerprint density at radius 1 is 0.759 bits per heavy atom. The van der Waals surface area contributed by atoms with E-state index in [4.69, 9.17) is 0 Å². The molecule has 1 aliphatic rings. The Labute approximate surface area is 180 Å².